The topological polar surface area (TPSA) is 144 Å². The van der Waals surface area contributed by atoms with Gasteiger partial charge in [0, 0.05) is 74.2 Å². The van der Waals surface area contributed by atoms with Crippen LogP contribution < -0.4 is 10.3 Å². The molecule has 4 saturated carbocycles. The molecule has 4 aliphatic carbocycles. The van der Waals surface area contributed by atoms with E-state index < -0.39 is 11.6 Å². The number of fused-ring (bicyclic) bond motifs is 10. The van der Waals surface area contributed by atoms with Crippen LogP contribution in [0.2, 0.25) is 0 Å². The Morgan fingerprint density at radius 3 is 2.52 bits per heavy atom. The molecule has 1 amide bonds. The minimum absolute atomic E-state index is 0.0802. The Morgan fingerprint density at radius 1 is 0.939 bits per heavy atom. The molecule has 0 radical (unpaired) electrons. The Morgan fingerprint density at radius 2 is 1.73 bits per heavy atom. The molecule has 1 aromatic carbocycles. The van der Waals surface area contributed by atoms with E-state index in [-0.39, 0.29) is 42.4 Å². The molecule has 356 valence electrons. The molecule has 3 aliphatic heterocycles. The van der Waals surface area contributed by atoms with Gasteiger partial charge in [0.25, 0.3) is 5.56 Å². The number of rotatable bonds is 12. The van der Waals surface area contributed by atoms with Gasteiger partial charge in [-0.05, 0) is 144 Å². The molecule has 13 nitrogen and oxygen atoms in total. The summed E-state index contributed by atoms with van der Waals surface area (Å²) >= 11 is 0. The van der Waals surface area contributed by atoms with Crippen molar-refractivity contribution in [3.63, 3.8) is 0 Å². The van der Waals surface area contributed by atoms with Gasteiger partial charge in [0.1, 0.15) is 18.1 Å². The average Bonchev–Trinajstić information content (AvgIpc) is 3.84. The van der Waals surface area contributed by atoms with Gasteiger partial charge in [-0.3, -0.25) is 14.5 Å². The highest BCUT2D eigenvalue weighted by atomic mass is 16.6. The number of hydrogen-bond acceptors (Lipinski definition) is 11. The first-order valence-corrected chi connectivity index (χ1v) is 25.3. The van der Waals surface area contributed by atoms with Crippen LogP contribution in [0.1, 0.15) is 133 Å². The number of unbranched alkanes of at least 4 members (excludes halogenated alkanes) is 3. The Bertz CT molecular complexity index is 2460. The summed E-state index contributed by atoms with van der Waals surface area (Å²) in [7, 11) is 3.94. The van der Waals surface area contributed by atoms with Crippen molar-refractivity contribution in [2.45, 2.75) is 142 Å². The van der Waals surface area contributed by atoms with Crippen LogP contribution in [0.5, 0.6) is 5.75 Å². The minimum atomic E-state index is -1.89. The lowest BCUT2D eigenvalue weighted by Crippen LogP contribution is -2.54. The van der Waals surface area contributed by atoms with E-state index in [2.05, 4.69) is 18.7 Å². The van der Waals surface area contributed by atoms with Crippen LogP contribution in [0.3, 0.4) is 0 Å². The number of carbonyl (C=O) groups excluding carboxylic acids is 3. The van der Waals surface area contributed by atoms with Gasteiger partial charge in [-0.2, -0.15) is 0 Å². The second-order valence-electron chi connectivity index (χ2n) is 21.9. The minimum Gasteiger partial charge on any atom is -0.458 e. The lowest BCUT2D eigenvalue weighted by molar-refractivity contribution is -0.172. The van der Waals surface area contributed by atoms with Crippen LogP contribution in [-0.2, 0) is 44.4 Å². The smallest absolute Gasteiger partial charge is 0.415 e. The fourth-order valence-corrected chi connectivity index (χ4v) is 14.3. The van der Waals surface area contributed by atoms with Crippen molar-refractivity contribution in [3.8, 4) is 17.1 Å². The third-order valence-electron chi connectivity index (χ3n) is 18.1. The van der Waals surface area contributed by atoms with Crippen molar-refractivity contribution in [1.82, 2.24) is 24.3 Å². The fourth-order valence-electron chi connectivity index (χ4n) is 14.3. The van der Waals surface area contributed by atoms with Gasteiger partial charge in [0.05, 0.1) is 35.1 Å². The van der Waals surface area contributed by atoms with E-state index in [0.717, 1.165) is 92.6 Å². The van der Waals surface area contributed by atoms with E-state index in [0.29, 0.717) is 70.9 Å². The molecule has 1 N–H and O–H groups in total. The maximum absolute atomic E-state index is 13.7. The molecular weight excluding hydrogens is 835 g/mol. The number of aliphatic hydroxyl groups is 1. The number of ether oxygens (including phenoxy) is 3. The summed E-state index contributed by atoms with van der Waals surface area (Å²) < 4.78 is 19.8. The fraction of sp³-hybridized carbons (Fsp3) is 0.679. The second kappa shape index (κ2) is 17.7. The number of amides is 1. The van der Waals surface area contributed by atoms with Crippen LogP contribution in [0, 0.1) is 34.5 Å². The van der Waals surface area contributed by atoms with E-state index in [4.69, 9.17) is 19.2 Å². The number of esters is 1. The Labute approximate surface area is 389 Å². The first kappa shape index (κ1) is 45.6. The quantitative estimate of drug-likeness (QED) is 0.110. The molecule has 3 aromatic rings. The van der Waals surface area contributed by atoms with Crippen LogP contribution in [0.4, 0.5) is 4.79 Å². The van der Waals surface area contributed by atoms with Gasteiger partial charge in [-0.1, -0.05) is 33.6 Å². The van der Waals surface area contributed by atoms with Gasteiger partial charge < -0.3 is 33.7 Å². The van der Waals surface area contributed by atoms with Crippen molar-refractivity contribution < 1.29 is 33.7 Å². The Hall–Kier alpha value is -4.17. The van der Waals surface area contributed by atoms with Crippen molar-refractivity contribution in [2.24, 2.45) is 34.5 Å². The van der Waals surface area contributed by atoms with Gasteiger partial charge >= 0.3 is 12.1 Å². The summed E-state index contributed by atoms with van der Waals surface area (Å²) in [5, 5.41) is 12.1. The van der Waals surface area contributed by atoms with E-state index in [1.165, 1.54) is 51.4 Å². The zero-order valence-electron chi connectivity index (χ0n) is 40.0. The van der Waals surface area contributed by atoms with Gasteiger partial charge in [0.2, 0.25) is 0 Å². The third kappa shape index (κ3) is 7.81. The molecule has 66 heavy (non-hydrogen) atoms. The van der Waals surface area contributed by atoms with E-state index in [1.54, 1.807) is 22.5 Å². The number of pyridine rings is 2. The highest BCUT2D eigenvalue weighted by Gasteiger charge is 2.60. The molecule has 5 fully saturated rings. The molecule has 1 unspecified atom stereocenters. The number of benzene rings is 1. The number of cyclic esters (lactones) is 1. The molecule has 13 heteroatoms. The number of hydrogen-bond donors (Lipinski definition) is 1. The van der Waals surface area contributed by atoms with Crippen LogP contribution in [-0.4, -0.2) is 107 Å². The molecule has 8 atom stereocenters. The predicted octanol–water partition coefficient (Wildman–Crippen LogP) is 7.82. The standard InChI is InChI=1S/C53H71N5O8/c1-6-53(63)42-29-44-47-33(30-58(44)48(60)39(42)32-65-49(53)61)27-37-38(31-55(4)5)45(15-14-43(37)54-47)66-50(62)57-24-22-56(23-25-57)21-9-7-8-10-26-64-46-16-13-40-36-12-11-34-28-35(59)17-19-51(34,2)41(36)18-20-52(40,46)3/h14-15,27,29,34,36,40-41,46,63H,6-13,16-26,28,30-32H2,1-5H3/t34-,36-,40-,41-,46?,51-,52-,53-/m0/s1. The monoisotopic (exact) mass is 906 g/mol. The van der Waals surface area contributed by atoms with Crippen LogP contribution in [0.25, 0.3) is 22.3 Å². The lowest BCUT2D eigenvalue weighted by atomic mass is 9.45. The van der Waals surface area contributed by atoms with Gasteiger partial charge in [-0.15, -0.1) is 0 Å². The molecule has 0 spiro atoms. The Kier molecular flexibility index (Phi) is 12.2. The van der Waals surface area contributed by atoms with E-state index in [9.17, 15) is 24.3 Å². The molecular formula is C53H71N5O8. The number of nitrogens with zero attached hydrogens (tertiary/aromatic N) is 5. The normalized spacial score (nSPS) is 31.5. The largest absolute Gasteiger partial charge is 0.458 e. The summed E-state index contributed by atoms with van der Waals surface area (Å²) in [6.07, 6.45) is 15.2. The molecule has 10 rings (SSSR count). The third-order valence-corrected chi connectivity index (χ3v) is 18.1. The molecule has 1 saturated heterocycles. The summed E-state index contributed by atoms with van der Waals surface area (Å²) in [4.78, 5) is 63.7. The second-order valence-corrected chi connectivity index (χ2v) is 21.9. The van der Waals surface area contributed by atoms with Gasteiger partial charge in [0.15, 0.2) is 5.60 Å². The lowest BCUT2D eigenvalue weighted by Gasteiger charge is -2.60. The summed E-state index contributed by atoms with van der Waals surface area (Å²) in [5.41, 5.74) is 2.62. The van der Waals surface area contributed by atoms with E-state index >= 15 is 0 Å². The maximum atomic E-state index is 13.7. The summed E-state index contributed by atoms with van der Waals surface area (Å²) in [5.74, 6) is 3.24. The average molecular weight is 906 g/mol. The number of ketones is 1. The summed E-state index contributed by atoms with van der Waals surface area (Å²) in [6.45, 7) is 12.2. The maximum Gasteiger partial charge on any atom is 0.415 e. The van der Waals surface area contributed by atoms with Crippen LogP contribution in [0.15, 0.2) is 29.1 Å². The predicted molar refractivity (Wildman–Crippen MR) is 251 cm³/mol. The zero-order chi connectivity index (χ0) is 46.1. The number of carbonyl (C=O) groups is 3. The highest BCUT2D eigenvalue weighted by molar-refractivity contribution is 5.90. The molecule has 0 bridgehead atoms. The van der Waals surface area contributed by atoms with Crippen LogP contribution >= 0.6 is 0 Å². The van der Waals surface area contributed by atoms with Crippen molar-refractivity contribution in [1.29, 1.82) is 0 Å². The Balaban J connectivity index is 0.692. The van der Waals surface area contributed by atoms with E-state index in [1.807, 2.05) is 37.2 Å². The molecule has 7 aliphatic rings. The first-order valence-electron chi connectivity index (χ1n) is 25.3. The molecule has 5 heterocycles. The number of piperazine rings is 1. The molecule has 2 aromatic heterocycles. The van der Waals surface area contributed by atoms with Gasteiger partial charge in [-0.25, -0.2) is 14.6 Å². The van der Waals surface area contributed by atoms with Crippen molar-refractivity contribution >= 4 is 28.7 Å². The number of aromatic nitrogens is 2. The highest BCUT2D eigenvalue weighted by Crippen LogP contribution is 2.66. The SMILES string of the molecule is CC[C@@]1(O)C(=O)OCc2c1cc1n(c2=O)Cc2cc3c(CN(C)C)c(OC(=O)N4CCN(CCCCCCOC5CC[C@H]6[C@@H]7CC[C@H]8CC(=O)CC[C@]8(C)[C@H]7CC[C@]56C)CC4)ccc3nc2-1. The van der Waals surface area contributed by atoms with Crippen molar-refractivity contribution in [2.75, 3.05) is 53.4 Å². The zero-order valence-corrected chi connectivity index (χ0v) is 40.0. The summed E-state index contributed by atoms with van der Waals surface area (Å²) in [6, 6.07) is 7.41. The number of Topliss-reactive ketones (excluding diaryl/α,β-unsaturated/α-hetero) is 1. The first-order chi connectivity index (χ1) is 31.7. The van der Waals surface area contributed by atoms with Crippen molar-refractivity contribution in [3.05, 3.63) is 56.9 Å².